The lowest BCUT2D eigenvalue weighted by Crippen LogP contribution is -2.46. The van der Waals surface area contributed by atoms with E-state index in [0.29, 0.717) is 12.6 Å². The third-order valence-electron chi connectivity index (χ3n) is 4.45. The van der Waals surface area contributed by atoms with E-state index in [2.05, 4.69) is 13.8 Å². The number of rotatable bonds is 1. The molecule has 1 saturated carbocycles. The van der Waals surface area contributed by atoms with E-state index in [-0.39, 0.29) is 5.60 Å². The van der Waals surface area contributed by atoms with E-state index in [9.17, 15) is 0 Å². The average molecular weight is 197 g/mol. The molecule has 0 bridgehead atoms. The fourth-order valence-corrected chi connectivity index (χ4v) is 3.41. The van der Waals surface area contributed by atoms with Crippen LogP contribution >= 0.6 is 0 Å². The van der Waals surface area contributed by atoms with Crippen molar-refractivity contribution < 1.29 is 4.74 Å². The monoisotopic (exact) mass is 197 g/mol. The highest BCUT2D eigenvalue weighted by molar-refractivity contribution is 4.99. The molecular weight excluding hydrogens is 174 g/mol. The van der Waals surface area contributed by atoms with Crippen molar-refractivity contribution in [3.63, 3.8) is 0 Å². The van der Waals surface area contributed by atoms with Crippen LogP contribution < -0.4 is 5.73 Å². The van der Waals surface area contributed by atoms with Gasteiger partial charge in [-0.15, -0.1) is 0 Å². The van der Waals surface area contributed by atoms with Crippen LogP contribution in [0, 0.1) is 11.8 Å². The van der Waals surface area contributed by atoms with Crippen LogP contribution in [0.3, 0.4) is 0 Å². The Morgan fingerprint density at radius 2 is 1.86 bits per heavy atom. The number of hydrogen-bond donors (Lipinski definition) is 1. The second kappa shape index (κ2) is 3.82. The highest BCUT2D eigenvalue weighted by Gasteiger charge is 2.49. The number of ether oxygens (including phenoxy) is 1. The Hall–Kier alpha value is -0.0800. The zero-order chi connectivity index (χ0) is 10.2. The zero-order valence-corrected chi connectivity index (χ0v) is 9.46. The van der Waals surface area contributed by atoms with Crippen LogP contribution in [0.4, 0.5) is 0 Å². The molecule has 1 spiro atoms. The van der Waals surface area contributed by atoms with Crippen LogP contribution in [0.1, 0.15) is 46.0 Å². The molecule has 2 fully saturated rings. The molecule has 2 N–H and O–H groups in total. The molecule has 2 heteroatoms. The van der Waals surface area contributed by atoms with E-state index in [4.69, 9.17) is 10.5 Å². The largest absolute Gasteiger partial charge is 0.370 e. The summed E-state index contributed by atoms with van der Waals surface area (Å²) in [6.07, 6.45) is 6.78. The van der Waals surface area contributed by atoms with Crippen LogP contribution in [0.2, 0.25) is 0 Å². The van der Waals surface area contributed by atoms with Gasteiger partial charge in [-0.3, -0.25) is 0 Å². The van der Waals surface area contributed by atoms with Gasteiger partial charge in [-0.2, -0.15) is 0 Å². The molecule has 14 heavy (non-hydrogen) atoms. The zero-order valence-electron chi connectivity index (χ0n) is 9.46. The second-order valence-electron chi connectivity index (χ2n) is 5.20. The van der Waals surface area contributed by atoms with Gasteiger partial charge in [0.1, 0.15) is 0 Å². The van der Waals surface area contributed by atoms with Crippen molar-refractivity contribution in [2.45, 2.75) is 57.7 Å². The number of nitrogens with two attached hydrogens (primary N) is 1. The summed E-state index contributed by atoms with van der Waals surface area (Å²) >= 11 is 0. The van der Waals surface area contributed by atoms with Crippen molar-refractivity contribution in [3.8, 4) is 0 Å². The lowest BCUT2D eigenvalue weighted by molar-refractivity contribution is -0.124. The van der Waals surface area contributed by atoms with Gasteiger partial charge in [-0.1, -0.05) is 20.3 Å². The predicted octanol–water partition coefficient (Wildman–Crippen LogP) is 2.32. The first-order chi connectivity index (χ1) is 6.69. The van der Waals surface area contributed by atoms with Crippen LogP contribution in [-0.2, 0) is 4.74 Å². The molecule has 1 aliphatic carbocycles. The normalized spacial score (nSPS) is 48.6. The molecule has 1 saturated heterocycles. The van der Waals surface area contributed by atoms with Crippen molar-refractivity contribution in [2.24, 2.45) is 17.6 Å². The van der Waals surface area contributed by atoms with E-state index >= 15 is 0 Å². The average Bonchev–Trinajstić information content (AvgIpc) is 2.60. The topological polar surface area (TPSA) is 35.2 Å². The molecule has 3 unspecified atom stereocenters. The standard InChI is InChI=1S/C12H23NO/c1-9-4-3-5-10(2)12(9)7-6-11(8-13)14-12/h9-11H,3-8,13H2,1-2H3. The summed E-state index contributed by atoms with van der Waals surface area (Å²) in [6.45, 7) is 5.41. The SMILES string of the molecule is CC1CCCC(C)C12CCC(CN)O2. The molecule has 2 aliphatic rings. The Balaban J connectivity index is 2.12. The van der Waals surface area contributed by atoms with Gasteiger partial charge in [0.05, 0.1) is 11.7 Å². The summed E-state index contributed by atoms with van der Waals surface area (Å²) in [7, 11) is 0. The van der Waals surface area contributed by atoms with Crippen molar-refractivity contribution >= 4 is 0 Å². The molecule has 0 aromatic rings. The third kappa shape index (κ3) is 1.49. The summed E-state index contributed by atoms with van der Waals surface area (Å²) in [5.74, 6) is 1.45. The van der Waals surface area contributed by atoms with Gasteiger partial charge in [-0.25, -0.2) is 0 Å². The van der Waals surface area contributed by atoms with E-state index in [1.165, 1.54) is 32.1 Å². The first-order valence-corrected chi connectivity index (χ1v) is 6.07. The molecule has 2 rings (SSSR count). The van der Waals surface area contributed by atoms with Crippen LogP contribution in [-0.4, -0.2) is 18.2 Å². The quantitative estimate of drug-likeness (QED) is 0.700. The van der Waals surface area contributed by atoms with Gasteiger partial charge >= 0.3 is 0 Å². The molecule has 0 aromatic carbocycles. The van der Waals surface area contributed by atoms with Crippen LogP contribution in [0.5, 0.6) is 0 Å². The summed E-state index contributed by atoms with van der Waals surface area (Å²) < 4.78 is 6.24. The summed E-state index contributed by atoms with van der Waals surface area (Å²) in [4.78, 5) is 0. The molecular formula is C12H23NO. The fourth-order valence-electron chi connectivity index (χ4n) is 3.41. The van der Waals surface area contributed by atoms with E-state index in [1.54, 1.807) is 0 Å². The first-order valence-electron chi connectivity index (χ1n) is 6.07. The van der Waals surface area contributed by atoms with E-state index < -0.39 is 0 Å². The first kappa shape index (κ1) is 10.4. The maximum atomic E-state index is 6.24. The van der Waals surface area contributed by atoms with Gasteiger partial charge in [0.2, 0.25) is 0 Å². The van der Waals surface area contributed by atoms with Crippen molar-refractivity contribution in [1.29, 1.82) is 0 Å². The second-order valence-corrected chi connectivity index (χ2v) is 5.20. The lowest BCUT2D eigenvalue weighted by atomic mass is 9.68. The highest BCUT2D eigenvalue weighted by Crippen LogP contribution is 2.48. The van der Waals surface area contributed by atoms with Crippen molar-refractivity contribution in [3.05, 3.63) is 0 Å². The molecule has 0 aromatic heterocycles. The van der Waals surface area contributed by atoms with E-state index in [0.717, 1.165) is 11.8 Å². The van der Waals surface area contributed by atoms with Crippen molar-refractivity contribution in [1.82, 2.24) is 0 Å². The molecule has 0 amide bonds. The third-order valence-corrected chi connectivity index (χ3v) is 4.45. The highest BCUT2D eigenvalue weighted by atomic mass is 16.5. The van der Waals surface area contributed by atoms with Gasteiger partial charge in [0.15, 0.2) is 0 Å². The molecule has 2 nitrogen and oxygen atoms in total. The fraction of sp³-hybridized carbons (Fsp3) is 1.00. The smallest absolute Gasteiger partial charge is 0.0738 e. The predicted molar refractivity (Wildman–Crippen MR) is 58.1 cm³/mol. The molecule has 1 aliphatic heterocycles. The Bertz CT molecular complexity index is 194. The van der Waals surface area contributed by atoms with E-state index in [1.807, 2.05) is 0 Å². The minimum absolute atomic E-state index is 0.183. The molecule has 82 valence electrons. The molecule has 0 radical (unpaired) electrons. The summed E-state index contributed by atoms with van der Waals surface area (Å²) in [5.41, 5.74) is 5.87. The van der Waals surface area contributed by atoms with Gasteiger partial charge in [0, 0.05) is 6.54 Å². The van der Waals surface area contributed by atoms with Gasteiger partial charge < -0.3 is 10.5 Å². The summed E-state index contributed by atoms with van der Waals surface area (Å²) in [5, 5.41) is 0. The Kier molecular flexibility index (Phi) is 2.85. The van der Waals surface area contributed by atoms with Gasteiger partial charge in [0.25, 0.3) is 0 Å². The molecule has 3 atom stereocenters. The van der Waals surface area contributed by atoms with Crippen LogP contribution in [0.25, 0.3) is 0 Å². The number of hydrogen-bond acceptors (Lipinski definition) is 2. The summed E-state index contributed by atoms with van der Waals surface area (Å²) in [6, 6.07) is 0. The Morgan fingerprint density at radius 1 is 1.21 bits per heavy atom. The minimum Gasteiger partial charge on any atom is -0.370 e. The maximum Gasteiger partial charge on any atom is 0.0738 e. The van der Waals surface area contributed by atoms with Gasteiger partial charge in [-0.05, 0) is 37.5 Å². The Morgan fingerprint density at radius 3 is 2.36 bits per heavy atom. The minimum atomic E-state index is 0.183. The Labute approximate surface area is 87.2 Å². The molecule has 1 heterocycles. The maximum absolute atomic E-state index is 6.24. The lowest BCUT2D eigenvalue weighted by Gasteiger charge is -2.44. The van der Waals surface area contributed by atoms with Crippen molar-refractivity contribution in [2.75, 3.05) is 6.54 Å². The van der Waals surface area contributed by atoms with Crippen LogP contribution in [0.15, 0.2) is 0 Å².